The highest BCUT2D eigenvalue weighted by Gasteiger charge is 2.23. The molecule has 0 saturated heterocycles. The molecule has 0 aliphatic rings. The predicted octanol–water partition coefficient (Wildman–Crippen LogP) is 4.03. The number of thioether (sulfide) groups is 1. The summed E-state index contributed by atoms with van der Waals surface area (Å²) in [7, 11) is 0. The number of rotatable bonds is 8. The van der Waals surface area contributed by atoms with Crippen LogP contribution >= 0.6 is 87.0 Å². The molecule has 2 heterocycles. The van der Waals surface area contributed by atoms with E-state index in [1.165, 1.54) is 11.3 Å². The lowest BCUT2D eigenvalue weighted by Gasteiger charge is -2.05. The molecule has 0 spiro atoms. The summed E-state index contributed by atoms with van der Waals surface area (Å²) in [5.41, 5.74) is 0. The van der Waals surface area contributed by atoms with Gasteiger partial charge in [-0.05, 0) is 36.7 Å². The number of hydrogen-bond donors (Lipinski definition) is 7. The van der Waals surface area contributed by atoms with Crippen LogP contribution in [-0.2, 0) is 19.2 Å². The second kappa shape index (κ2) is 17.0. The van der Waals surface area contributed by atoms with Gasteiger partial charge in [-0.1, -0.05) is 57.8 Å². The highest BCUT2D eigenvalue weighted by Crippen LogP contribution is 2.27. The largest absolute Gasteiger partial charge is 0.481 e. The second-order valence-electron chi connectivity index (χ2n) is 4.75. The number of nitrogens with zero attached hydrogens (tertiary/aromatic N) is 1. The Hall–Kier alpha value is -1.51. The van der Waals surface area contributed by atoms with Crippen molar-refractivity contribution < 1.29 is 39.6 Å². The van der Waals surface area contributed by atoms with Crippen LogP contribution in [0.4, 0.5) is 0 Å². The van der Waals surface area contributed by atoms with Crippen LogP contribution in [-0.4, -0.2) is 74.8 Å². The Labute approximate surface area is 216 Å². The van der Waals surface area contributed by atoms with Crippen LogP contribution in [0.3, 0.4) is 0 Å². The van der Waals surface area contributed by atoms with Gasteiger partial charge in [-0.2, -0.15) is 5.10 Å². The quantitative estimate of drug-likeness (QED) is 0.125. The van der Waals surface area contributed by atoms with Gasteiger partial charge >= 0.3 is 23.9 Å². The van der Waals surface area contributed by atoms with Gasteiger partial charge in [0.1, 0.15) is 10.1 Å². The molecule has 19 heteroatoms. The van der Waals surface area contributed by atoms with E-state index >= 15 is 0 Å². The maximum atomic E-state index is 10.7. The predicted molar refractivity (Wildman–Crippen MR) is 131 cm³/mol. The van der Waals surface area contributed by atoms with Crippen LogP contribution < -0.4 is 0 Å². The van der Waals surface area contributed by atoms with Gasteiger partial charge in [0.15, 0.2) is 16.2 Å². The third kappa shape index (κ3) is 16.2. The second-order valence-corrected chi connectivity index (χ2v) is 11.3. The SMILES string of the molecule is C.O=C(O)CC(Br)C(=O)O.O=C(O)CC(Sc1n[nH]c(=S)s1)C(=O)O.S=c1[nH][nH]c(=S)s1. The molecular formula is C13H17BrN4O8S6. The first-order valence-electron chi connectivity index (χ1n) is 7.35. The summed E-state index contributed by atoms with van der Waals surface area (Å²) in [5.74, 6) is -4.62. The molecule has 0 fully saturated rings. The van der Waals surface area contributed by atoms with E-state index < -0.39 is 46.8 Å². The molecule has 0 saturated carbocycles. The van der Waals surface area contributed by atoms with Crippen molar-refractivity contribution in [2.45, 2.75) is 34.7 Å². The zero-order valence-electron chi connectivity index (χ0n) is 14.8. The van der Waals surface area contributed by atoms with E-state index in [2.05, 4.69) is 36.3 Å². The molecule has 2 rings (SSSR count). The highest BCUT2D eigenvalue weighted by molar-refractivity contribution is 9.10. The number of alkyl halides is 1. The molecule has 0 radical (unpaired) electrons. The zero-order valence-corrected chi connectivity index (χ0v) is 21.3. The Morgan fingerprint density at radius 3 is 1.66 bits per heavy atom. The van der Waals surface area contributed by atoms with E-state index in [4.69, 9.17) is 57.1 Å². The number of hydrogen-bond acceptors (Lipinski definition) is 11. The first-order valence-corrected chi connectivity index (χ1v) is 12.0. The monoisotopic (exact) mass is 628 g/mol. The van der Waals surface area contributed by atoms with Gasteiger partial charge in [-0.3, -0.25) is 34.5 Å². The minimum absolute atomic E-state index is 0. The van der Waals surface area contributed by atoms with Gasteiger partial charge in [0.25, 0.3) is 0 Å². The molecule has 7 N–H and O–H groups in total. The number of H-pyrrole nitrogens is 3. The first-order chi connectivity index (χ1) is 14.3. The van der Waals surface area contributed by atoms with Gasteiger partial charge in [0.2, 0.25) is 0 Å². The molecule has 2 atom stereocenters. The van der Waals surface area contributed by atoms with E-state index in [1.807, 2.05) is 0 Å². The summed E-state index contributed by atoms with van der Waals surface area (Å²) < 4.78 is 2.25. The molecule has 0 bridgehead atoms. The third-order valence-electron chi connectivity index (χ3n) is 2.37. The Kier molecular flexibility index (Phi) is 17.4. The van der Waals surface area contributed by atoms with E-state index in [0.717, 1.165) is 23.1 Å². The highest BCUT2D eigenvalue weighted by atomic mass is 79.9. The Morgan fingerprint density at radius 1 is 0.906 bits per heavy atom. The molecule has 2 unspecified atom stereocenters. The van der Waals surface area contributed by atoms with Gasteiger partial charge in [0.05, 0.1) is 12.8 Å². The summed E-state index contributed by atoms with van der Waals surface area (Å²) in [4.78, 5) is 39.9. The van der Waals surface area contributed by atoms with E-state index in [9.17, 15) is 19.2 Å². The molecule has 180 valence electrons. The molecule has 0 aliphatic heterocycles. The van der Waals surface area contributed by atoms with Crippen LogP contribution in [0.25, 0.3) is 0 Å². The molecule has 2 aromatic heterocycles. The molecule has 0 aliphatic carbocycles. The maximum Gasteiger partial charge on any atom is 0.317 e. The number of carbonyl (C=O) groups is 4. The van der Waals surface area contributed by atoms with Crippen molar-refractivity contribution in [1.29, 1.82) is 0 Å². The fraction of sp³-hybridized carbons (Fsp3) is 0.385. The smallest absolute Gasteiger partial charge is 0.317 e. The van der Waals surface area contributed by atoms with Crippen molar-refractivity contribution in [1.82, 2.24) is 20.4 Å². The first kappa shape index (κ1) is 32.7. The lowest BCUT2D eigenvalue weighted by atomic mass is 10.3. The minimum Gasteiger partial charge on any atom is -0.481 e. The Morgan fingerprint density at radius 2 is 1.41 bits per heavy atom. The van der Waals surface area contributed by atoms with Crippen LogP contribution in [0.15, 0.2) is 4.34 Å². The summed E-state index contributed by atoms with van der Waals surface area (Å²) in [6.45, 7) is 0. The lowest BCUT2D eigenvalue weighted by molar-refractivity contribution is -0.142. The van der Waals surface area contributed by atoms with E-state index in [1.54, 1.807) is 0 Å². The van der Waals surface area contributed by atoms with Gasteiger partial charge in [-0.15, -0.1) is 0 Å². The van der Waals surface area contributed by atoms with E-state index in [-0.39, 0.29) is 7.43 Å². The molecule has 0 amide bonds. The minimum atomic E-state index is -1.18. The summed E-state index contributed by atoms with van der Waals surface area (Å²) >= 11 is 20.2. The number of aromatic nitrogens is 4. The van der Waals surface area contributed by atoms with E-state index in [0.29, 0.717) is 16.2 Å². The Balaban J connectivity index is 0. The van der Waals surface area contributed by atoms with Crippen LogP contribution in [0.2, 0.25) is 0 Å². The number of nitrogens with one attached hydrogen (secondary N) is 3. The molecule has 2 aromatic rings. The van der Waals surface area contributed by atoms with Crippen molar-refractivity contribution in [3.05, 3.63) is 11.9 Å². The maximum absolute atomic E-state index is 10.7. The summed E-state index contributed by atoms with van der Waals surface area (Å²) in [6.07, 6.45) is -0.846. The van der Waals surface area contributed by atoms with Crippen molar-refractivity contribution in [2.24, 2.45) is 0 Å². The fourth-order valence-corrected chi connectivity index (χ4v) is 4.86. The number of carboxylic acids is 4. The number of halogens is 1. The Bertz CT molecular complexity index is 1030. The molecule has 32 heavy (non-hydrogen) atoms. The van der Waals surface area contributed by atoms with Gasteiger partial charge in [0, 0.05) is 0 Å². The summed E-state index contributed by atoms with van der Waals surface area (Å²) in [5, 5.41) is 43.9. The molecule has 0 aromatic carbocycles. The molecular weight excluding hydrogens is 612 g/mol. The average Bonchev–Trinajstić information content (AvgIpc) is 3.21. The average molecular weight is 630 g/mol. The van der Waals surface area contributed by atoms with Crippen molar-refractivity contribution in [3.63, 3.8) is 0 Å². The van der Waals surface area contributed by atoms with Crippen molar-refractivity contribution in [2.75, 3.05) is 0 Å². The normalized spacial score (nSPS) is 11.3. The van der Waals surface area contributed by atoms with Crippen molar-refractivity contribution in [3.8, 4) is 0 Å². The standard InChI is InChI=1S/C6H6N2O4S3.C4H5BrO4.C2H2N2S3.CH4/c9-3(10)1-2(4(11)12)14-6-8-7-5(13)15-6;5-2(4(8)9)1-3(6)7;5-1-3-4-2(6)7-1;/h2H,1H2,(H,7,13)(H,9,10)(H,11,12);2H,1H2,(H,6,7)(H,8,9);(H,3,5)(H,4,6);1H4. The number of carboxylic acid groups (broad SMARTS) is 4. The fourth-order valence-electron chi connectivity index (χ4n) is 1.20. The van der Waals surface area contributed by atoms with Crippen LogP contribution in [0, 0.1) is 11.9 Å². The lowest BCUT2D eigenvalue weighted by Crippen LogP contribution is -2.20. The number of aromatic amines is 3. The van der Waals surface area contributed by atoms with Crippen LogP contribution in [0.1, 0.15) is 20.3 Å². The number of aliphatic carboxylic acids is 4. The van der Waals surface area contributed by atoms with Crippen molar-refractivity contribution >= 4 is 111 Å². The van der Waals surface area contributed by atoms with Gasteiger partial charge < -0.3 is 20.4 Å². The van der Waals surface area contributed by atoms with Crippen LogP contribution in [0.5, 0.6) is 0 Å². The van der Waals surface area contributed by atoms with Gasteiger partial charge in [-0.25, -0.2) is 0 Å². The molecule has 12 nitrogen and oxygen atoms in total. The summed E-state index contributed by atoms with van der Waals surface area (Å²) in [6, 6.07) is 0. The zero-order chi connectivity index (χ0) is 24.1. The topological polar surface area (TPSA) is 209 Å². The third-order valence-corrected chi connectivity index (χ3v) is 6.73.